The Labute approximate surface area is 129 Å². The molecule has 0 aliphatic carbocycles. The summed E-state index contributed by atoms with van der Waals surface area (Å²) in [6, 6.07) is 7.74. The minimum Gasteiger partial charge on any atom is -0.369 e. The molecule has 0 radical (unpaired) electrons. The molecule has 1 aromatic heterocycles. The lowest BCUT2D eigenvalue weighted by molar-refractivity contribution is 0.601. The Bertz CT molecular complexity index is 664. The third-order valence-electron chi connectivity index (χ3n) is 3.56. The summed E-state index contributed by atoms with van der Waals surface area (Å²) in [5.74, 6) is 0.519. The van der Waals surface area contributed by atoms with E-state index in [-0.39, 0.29) is 6.04 Å². The monoisotopic (exact) mass is 303 g/mol. The van der Waals surface area contributed by atoms with Gasteiger partial charge in [-0.2, -0.15) is 5.10 Å². The summed E-state index contributed by atoms with van der Waals surface area (Å²) in [6.45, 7) is 3.69. The molecule has 2 N–H and O–H groups in total. The molecule has 2 aromatic rings. The van der Waals surface area contributed by atoms with Gasteiger partial charge < -0.3 is 10.6 Å². The van der Waals surface area contributed by atoms with Gasteiger partial charge in [-0.3, -0.25) is 9.67 Å². The maximum absolute atomic E-state index is 6.09. The molecule has 2 heterocycles. The number of hydrogen-bond acceptors (Lipinski definition) is 4. The highest BCUT2D eigenvalue weighted by Crippen LogP contribution is 2.32. The molecule has 0 amide bonds. The summed E-state index contributed by atoms with van der Waals surface area (Å²) in [5.41, 5.74) is 8.13. The van der Waals surface area contributed by atoms with Crippen LogP contribution in [0.4, 0.5) is 5.69 Å². The summed E-state index contributed by atoms with van der Waals surface area (Å²) in [5, 5.41) is 5.08. The first kappa shape index (κ1) is 13.9. The summed E-state index contributed by atoms with van der Waals surface area (Å²) in [6.07, 6.45) is 5.02. The van der Waals surface area contributed by atoms with E-state index >= 15 is 0 Å². The molecule has 1 aromatic carbocycles. The van der Waals surface area contributed by atoms with Crippen LogP contribution in [-0.4, -0.2) is 22.3 Å². The van der Waals surface area contributed by atoms with E-state index in [4.69, 9.17) is 17.3 Å². The first-order valence-electron chi connectivity index (χ1n) is 7.06. The molecule has 21 heavy (non-hydrogen) atoms. The highest BCUT2D eigenvalue weighted by molar-refractivity contribution is 6.30. The van der Waals surface area contributed by atoms with Gasteiger partial charge in [0.05, 0.1) is 18.8 Å². The van der Waals surface area contributed by atoms with Crippen molar-refractivity contribution in [3.63, 3.8) is 0 Å². The molecular formula is C15H18ClN5. The maximum Gasteiger partial charge on any atom is 0.196 e. The standard InChI is InChI=1S/C15H18ClN5/c1-2-6-20-10-11(8-19-20)14-9-18-15(17)21(14)13-5-3-4-12(16)7-13/h3-5,7-8,10,14H,2,6,9H2,1H3,(H2,17,18). The predicted octanol–water partition coefficient (Wildman–Crippen LogP) is 2.82. The van der Waals surface area contributed by atoms with Gasteiger partial charge in [0.2, 0.25) is 0 Å². The van der Waals surface area contributed by atoms with Crippen LogP contribution in [0.25, 0.3) is 0 Å². The van der Waals surface area contributed by atoms with E-state index < -0.39 is 0 Å². The second-order valence-corrected chi connectivity index (χ2v) is 5.54. The van der Waals surface area contributed by atoms with Crippen molar-refractivity contribution in [2.24, 2.45) is 10.7 Å². The third kappa shape index (κ3) is 2.74. The largest absolute Gasteiger partial charge is 0.369 e. The Morgan fingerprint density at radius 3 is 3.05 bits per heavy atom. The molecule has 0 bridgehead atoms. The molecule has 0 saturated carbocycles. The molecule has 1 aliphatic heterocycles. The molecule has 0 spiro atoms. The number of aliphatic imine (C=N–C) groups is 1. The van der Waals surface area contributed by atoms with Crippen molar-refractivity contribution in [3.05, 3.63) is 47.2 Å². The normalized spacial score (nSPS) is 18.1. The Morgan fingerprint density at radius 1 is 1.43 bits per heavy atom. The second-order valence-electron chi connectivity index (χ2n) is 5.10. The zero-order valence-electron chi connectivity index (χ0n) is 11.9. The maximum atomic E-state index is 6.09. The smallest absolute Gasteiger partial charge is 0.196 e. The van der Waals surface area contributed by atoms with Crippen molar-refractivity contribution < 1.29 is 0 Å². The molecule has 5 nitrogen and oxygen atoms in total. The molecule has 1 atom stereocenters. The molecule has 0 fully saturated rings. The molecule has 1 aliphatic rings. The van der Waals surface area contributed by atoms with Gasteiger partial charge >= 0.3 is 0 Å². The molecular weight excluding hydrogens is 286 g/mol. The number of aromatic nitrogens is 2. The number of benzene rings is 1. The Balaban J connectivity index is 1.91. The zero-order chi connectivity index (χ0) is 14.8. The van der Waals surface area contributed by atoms with Gasteiger partial charge in [0.15, 0.2) is 5.96 Å². The fourth-order valence-corrected chi connectivity index (χ4v) is 2.78. The van der Waals surface area contributed by atoms with Crippen molar-refractivity contribution in [3.8, 4) is 0 Å². The van der Waals surface area contributed by atoms with Crippen molar-refractivity contribution in [1.29, 1.82) is 0 Å². The van der Waals surface area contributed by atoms with Crippen LogP contribution < -0.4 is 10.6 Å². The van der Waals surface area contributed by atoms with Crippen LogP contribution in [0, 0.1) is 0 Å². The predicted molar refractivity (Wildman–Crippen MR) is 85.7 cm³/mol. The highest BCUT2D eigenvalue weighted by atomic mass is 35.5. The first-order valence-corrected chi connectivity index (χ1v) is 7.44. The van der Waals surface area contributed by atoms with E-state index in [1.165, 1.54) is 0 Å². The summed E-state index contributed by atoms with van der Waals surface area (Å²) < 4.78 is 1.96. The van der Waals surface area contributed by atoms with E-state index in [1.807, 2.05) is 40.0 Å². The highest BCUT2D eigenvalue weighted by Gasteiger charge is 2.29. The van der Waals surface area contributed by atoms with Crippen LogP contribution in [0.3, 0.4) is 0 Å². The molecule has 1 unspecified atom stereocenters. The molecule has 3 rings (SSSR count). The van der Waals surface area contributed by atoms with Crippen LogP contribution in [0.15, 0.2) is 41.7 Å². The van der Waals surface area contributed by atoms with E-state index in [9.17, 15) is 0 Å². The Hall–Kier alpha value is -2.01. The van der Waals surface area contributed by atoms with Crippen LogP contribution in [0.2, 0.25) is 5.02 Å². The van der Waals surface area contributed by atoms with Gasteiger partial charge in [-0.1, -0.05) is 24.6 Å². The van der Waals surface area contributed by atoms with Gasteiger partial charge in [0, 0.05) is 29.0 Å². The van der Waals surface area contributed by atoms with Crippen molar-refractivity contribution in [2.45, 2.75) is 25.9 Å². The number of halogens is 1. The molecule has 6 heteroatoms. The lowest BCUT2D eigenvalue weighted by Crippen LogP contribution is -2.36. The van der Waals surface area contributed by atoms with E-state index in [1.54, 1.807) is 0 Å². The fraction of sp³-hybridized carbons (Fsp3) is 0.333. The quantitative estimate of drug-likeness (QED) is 0.945. The van der Waals surface area contributed by atoms with Gasteiger partial charge in [0.1, 0.15) is 0 Å². The number of anilines is 1. The number of rotatable bonds is 4. The number of nitrogens with two attached hydrogens (primary N) is 1. The minimum atomic E-state index is 0.0778. The Kier molecular flexibility index (Phi) is 3.84. The van der Waals surface area contributed by atoms with Gasteiger partial charge in [-0.25, -0.2) is 0 Å². The van der Waals surface area contributed by atoms with Crippen LogP contribution in [0.1, 0.15) is 24.9 Å². The van der Waals surface area contributed by atoms with Crippen LogP contribution in [-0.2, 0) is 6.54 Å². The second kappa shape index (κ2) is 5.77. The van der Waals surface area contributed by atoms with Gasteiger partial charge in [0.25, 0.3) is 0 Å². The SMILES string of the molecule is CCCn1cc(C2CN=C(N)N2c2cccc(Cl)c2)cn1. The number of guanidine groups is 1. The van der Waals surface area contributed by atoms with Gasteiger partial charge in [-0.05, 0) is 24.6 Å². The van der Waals surface area contributed by atoms with Crippen LogP contribution in [0.5, 0.6) is 0 Å². The average Bonchev–Trinajstić information content (AvgIpc) is 3.06. The minimum absolute atomic E-state index is 0.0778. The molecule has 110 valence electrons. The third-order valence-corrected chi connectivity index (χ3v) is 3.80. The topological polar surface area (TPSA) is 59.4 Å². The first-order chi connectivity index (χ1) is 10.2. The number of hydrogen-bond donors (Lipinski definition) is 1. The lowest BCUT2D eigenvalue weighted by atomic mass is 10.1. The average molecular weight is 304 g/mol. The number of nitrogens with zero attached hydrogens (tertiary/aromatic N) is 4. The van der Waals surface area contributed by atoms with Gasteiger partial charge in [-0.15, -0.1) is 0 Å². The van der Waals surface area contributed by atoms with E-state index in [0.29, 0.717) is 17.5 Å². The summed E-state index contributed by atoms with van der Waals surface area (Å²) in [7, 11) is 0. The van der Waals surface area contributed by atoms with E-state index in [2.05, 4.69) is 23.2 Å². The number of aryl methyl sites for hydroxylation is 1. The lowest BCUT2D eigenvalue weighted by Gasteiger charge is -2.25. The molecule has 0 saturated heterocycles. The van der Waals surface area contributed by atoms with Crippen molar-refractivity contribution >= 4 is 23.2 Å². The zero-order valence-corrected chi connectivity index (χ0v) is 12.7. The summed E-state index contributed by atoms with van der Waals surface area (Å²) in [4.78, 5) is 6.39. The van der Waals surface area contributed by atoms with Crippen molar-refractivity contribution in [2.75, 3.05) is 11.4 Å². The summed E-state index contributed by atoms with van der Waals surface area (Å²) >= 11 is 6.09. The Morgan fingerprint density at radius 2 is 2.29 bits per heavy atom. The van der Waals surface area contributed by atoms with Crippen molar-refractivity contribution in [1.82, 2.24) is 9.78 Å². The fourth-order valence-electron chi connectivity index (χ4n) is 2.59. The van der Waals surface area contributed by atoms with E-state index in [0.717, 1.165) is 24.2 Å². The van der Waals surface area contributed by atoms with Crippen LogP contribution >= 0.6 is 11.6 Å².